The fourth-order valence-electron chi connectivity index (χ4n) is 2.37. The average Bonchev–Trinajstić information content (AvgIpc) is 2.74. The highest BCUT2D eigenvalue weighted by molar-refractivity contribution is 7.13. The van der Waals surface area contributed by atoms with Gasteiger partial charge >= 0.3 is 5.97 Å². The minimum atomic E-state index is -0.876. The van der Waals surface area contributed by atoms with E-state index in [0.717, 1.165) is 30.9 Å². The molecule has 0 aromatic carbocycles. The predicted octanol–water partition coefficient (Wildman–Crippen LogP) is 3.46. The maximum atomic E-state index is 11.3. The van der Waals surface area contributed by atoms with Crippen LogP contribution >= 0.6 is 11.3 Å². The summed E-state index contributed by atoms with van der Waals surface area (Å²) >= 11 is 1.28. The zero-order chi connectivity index (χ0) is 14.0. The topological polar surface area (TPSA) is 59.4 Å². The molecule has 0 amide bonds. The molecule has 106 valence electrons. The summed E-state index contributed by atoms with van der Waals surface area (Å²) in [5.74, 6) is -0.480. The Balaban J connectivity index is 2.33. The standard InChI is InChI=1S/C14H21NO3S/c1-9(2)8-10-11(12(16)17)19-13(15-10)14(3)6-4-5-7-18-14/h9H,4-8H2,1-3H3,(H,16,17). The van der Waals surface area contributed by atoms with Crippen molar-refractivity contribution in [1.82, 2.24) is 4.98 Å². The fourth-order valence-corrected chi connectivity index (χ4v) is 3.43. The Labute approximate surface area is 117 Å². The molecule has 2 rings (SSSR count). The Kier molecular flexibility index (Phi) is 4.26. The van der Waals surface area contributed by atoms with Gasteiger partial charge in [0.25, 0.3) is 0 Å². The van der Waals surface area contributed by atoms with E-state index in [1.165, 1.54) is 11.3 Å². The van der Waals surface area contributed by atoms with Crippen LogP contribution in [0.4, 0.5) is 0 Å². The van der Waals surface area contributed by atoms with Crippen LogP contribution in [-0.2, 0) is 16.8 Å². The average molecular weight is 283 g/mol. The molecular weight excluding hydrogens is 262 g/mol. The fraction of sp³-hybridized carbons (Fsp3) is 0.714. The molecule has 0 saturated carbocycles. The van der Waals surface area contributed by atoms with Crippen LogP contribution in [0.25, 0.3) is 0 Å². The Morgan fingerprint density at radius 2 is 2.26 bits per heavy atom. The Hall–Kier alpha value is -0.940. The monoisotopic (exact) mass is 283 g/mol. The van der Waals surface area contributed by atoms with E-state index in [1.54, 1.807) is 0 Å². The second-order valence-corrected chi connectivity index (χ2v) is 6.73. The number of aromatic carboxylic acids is 1. The summed E-state index contributed by atoms with van der Waals surface area (Å²) in [5, 5.41) is 10.1. The first kappa shape index (κ1) is 14.5. The van der Waals surface area contributed by atoms with Crippen molar-refractivity contribution in [2.45, 2.75) is 52.1 Å². The van der Waals surface area contributed by atoms with E-state index in [4.69, 9.17) is 4.74 Å². The quantitative estimate of drug-likeness (QED) is 0.919. The van der Waals surface area contributed by atoms with Crippen LogP contribution < -0.4 is 0 Å². The van der Waals surface area contributed by atoms with Crippen molar-refractivity contribution in [2.24, 2.45) is 5.92 Å². The Morgan fingerprint density at radius 1 is 1.53 bits per heavy atom. The van der Waals surface area contributed by atoms with Gasteiger partial charge in [0.2, 0.25) is 0 Å². The van der Waals surface area contributed by atoms with Crippen molar-refractivity contribution in [3.8, 4) is 0 Å². The molecule has 1 aromatic rings. The maximum Gasteiger partial charge on any atom is 0.347 e. The Bertz CT molecular complexity index is 461. The van der Waals surface area contributed by atoms with Crippen LogP contribution in [0, 0.1) is 5.92 Å². The van der Waals surface area contributed by atoms with Crippen molar-refractivity contribution in [2.75, 3.05) is 6.61 Å². The van der Waals surface area contributed by atoms with Crippen molar-refractivity contribution in [3.05, 3.63) is 15.6 Å². The second kappa shape index (κ2) is 5.59. The first-order chi connectivity index (χ1) is 8.92. The lowest BCUT2D eigenvalue weighted by Crippen LogP contribution is -2.30. The molecule has 5 heteroatoms. The molecule has 19 heavy (non-hydrogen) atoms. The lowest BCUT2D eigenvalue weighted by molar-refractivity contribution is -0.0702. The van der Waals surface area contributed by atoms with E-state index in [-0.39, 0.29) is 0 Å². The number of hydrogen-bond donors (Lipinski definition) is 1. The normalized spacial score (nSPS) is 23.8. The third-order valence-corrected chi connectivity index (χ3v) is 4.75. The predicted molar refractivity (Wildman–Crippen MR) is 74.8 cm³/mol. The summed E-state index contributed by atoms with van der Waals surface area (Å²) in [6, 6.07) is 0. The van der Waals surface area contributed by atoms with Crippen molar-refractivity contribution in [1.29, 1.82) is 0 Å². The number of carboxylic acids is 1. The molecule has 1 fully saturated rings. The second-order valence-electron chi connectivity index (χ2n) is 5.73. The Morgan fingerprint density at radius 3 is 2.79 bits per heavy atom. The van der Waals surface area contributed by atoms with Gasteiger partial charge in [-0.25, -0.2) is 9.78 Å². The first-order valence-corrected chi connectivity index (χ1v) is 7.61. The van der Waals surface area contributed by atoms with Gasteiger partial charge in [-0.2, -0.15) is 0 Å². The van der Waals surface area contributed by atoms with Gasteiger partial charge in [-0.15, -0.1) is 11.3 Å². The first-order valence-electron chi connectivity index (χ1n) is 6.80. The van der Waals surface area contributed by atoms with Gasteiger partial charge in [0.05, 0.1) is 5.69 Å². The van der Waals surface area contributed by atoms with Gasteiger partial charge in [0.15, 0.2) is 0 Å². The van der Waals surface area contributed by atoms with E-state index in [1.807, 2.05) is 6.92 Å². The molecule has 1 saturated heterocycles. The third kappa shape index (κ3) is 3.15. The van der Waals surface area contributed by atoms with E-state index >= 15 is 0 Å². The summed E-state index contributed by atoms with van der Waals surface area (Å²) in [5.41, 5.74) is 0.306. The third-order valence-electron chi connectivity index (χ3n) is 3.41. The maximum absolute atomic E-state index is 11.3. The summed E-state index contributed by atoms with van der Waals surface area (Å²) < 4.78 is 5.86. The van der Waals surface area contributed by atoms with E-state index in [2.05, 4.69) is 18.8 Å². The van der Waals surface area contributed by atoms with Crippen LogP contribution in [0.2, 0.25) is 0 Å². The van der Waals surface area contributed by atoms with Gasteiger partial charge in [0.1, 0.15) is 15.5 Å². The van der Waals surface area contributed by atoms with Crippen LogP contribution in [0.1, 0.15) is 60.4 Å². The molecule has 0 radical (unpaired) electrons. The molecule has 0 bridgehead atoms. The van der Waals surface area contributed by atoms with Crippen LogP contribution in [0.15, 0.2) is 0 Å². The van der Waals surface area contributed by atoms with Gasteiger partial charge in [-0.05, 0) is 38.5 Å². The van der Waals surface area contributed by atoms with Crippen LogP contribution in [0.3, 0.4) is 0 Å². The largest absolute Gasteiger partial charge is 0.477 e. The molecule has 0 aliphatic carbocycles. The van der Waals surface area contributed by atoms with Gasteiger partial charge in [-0.3, -0.25) is 0 Å². The highest BCUT2D eigenvalue weighted by atomic mass is 32.1. The molecule has 1 atom stereocenters. The number of rotatable bonds is 4. The summed E-state index contributed by atoms with van der Waals surface area (Å²) in [4.78, 5) is 16.3. The van der Waals surface area contributed by atoms with Gasteiger partial charge in [-0.1, -0.05) is 13.8 Å². The van der Waals surface area contributed by atoms with Crippen LogP contribution in [-0.4, -0.2) is 22.7 Å². The number of ether oxygens (including phenoxy) is 1. The smallest absolute Gasteiger partial charge is 0.347 e. The minimum absolute atomic E-state index is 0.374. The number of hydrogen-bond acceptors (Lipinski definition) is 4. The van der Waals surface area contributed by atoms with Crippen molar-refractivity contribution < 1.29 is 14.6 Å². The molecule has 1 aromatic heterocycles. The van der Waals surface area contributed by atoms with Crippen molar-refractivity contribution >= 4 is 17.3 Å². The molecular formula is C14H21NO3S. The van der Waals surface area contributed by atoms with Gasteiger partial charge in [0, 0.05) is 6.61 Å². The number of carboxylic acid groups (broad SMARTS) is 1. The molecule has 1 aliphatic heterocycles. The SMILES string of the molecule is CC(C)Cc1nc(C2(C)CCCCO2)sc1C(=O)O. The number of carbonyl (C=O) groups is 1. The molecule has 4 nitrogen and oxygen atoms in total. The molecule has 1 unspecified atom stereocenters. The van der Waals surface area contributed by atoms with Crippen LogP contribution in [0.5, 0.6) is 0 Å². The molecule has 2 heterocycles. The van der Waals surface area contributed by atoms with E-state index < -0.39 is 11.6 Å². The molecule has 0 spiro atoms. The minimum Gasteiger partial charge on any atom is -0.477 e. The summed E-state index contributed by atoms with van der Waals surface area (Å²) in [6.07, 6.45) is 3.80. The zero-order valence-corrected chi connectivity index (χ0v) is 12.5. The van der Waals surface area contributed by atoms with Crippen molar-refractivity contribution in [3.63, 3.8) is 0 Å². The highest BCUT2D eigenvalue weighted by Gasteiger charge is 2.35. The van der Waals surface area contributed by atoms with E-state index in [9.17, 15) is 9.90 Å². The number of nitrogens with zero attached hydrogens (tertiary/aromatic N) is 1. The molecule has 1 aliphatic rings. The lowest BCUT2D eigenvalue weighted by Gasteiger charge is -2.31. The highest BCUT2D eigenvalue weighted by Crippen LogP contribution is 2.38. The number of thiazole rings is 1. The van der Waals surface area contributed by atoms with E-state index in [0.29, 0.717) is 22.9 Å². The number of aromatic nitrogens is 1. The summed E-state index contributed by atoms with van der Waals surface area (Å²) in [7, 11) is 0. The zero-order valence-electron chi connectivity index (χ0n) is 11.7. The summed E-state index contributed by atoms with van der Waals surface area (Å²) in [6.45, 7) is 6.90. The lowest BCUT2D eigenvalue weighted by atomic mass is 9.97. The molecule has 1 N–H and O–H groups in total. The van der Waals surface area contributed by atoms with Gasteiger partial charge < -0.3 is 9.84 Å².